The highest BCUT2D eigenvalue weighted by Gasteiger charge is 2.58. The third-order valence-electron chi connectivity index (χ3n) is 2.77. The zero-order valence-electron chi connectivity index (χ0n) is 8.46. The SMILES string of the molecule is CC(C)(C)OC(=O)C1C2CNCC21. The molecule has 0 bridgehead atoms. The molecule has 1 aliphatic carbocycles. The highest BCUT2D eigenvalue weighted by Crippen LogP contribution is 2.49. The molecule has 2 unspecified atom stereocenters. The van der Waals surface area contributed by atoms with Crippen LogP contribution >= 0.6 is 0 Å². The number of hydrogen-bond donors (Lipinski definition) is 1. The Hall–Kier alpha value is -0.570. The highest BCUT2D eigenvalue weighted by atomic mass is 16.6. The Balaban J connectivity index is 1.87. The van der Waals surface area contributed by atoms with E-state index in [0.29, 0.717) is 11.8 Å². The van der Waals surface area contributed by atoms with Crippen LogP contribution in [-0.2, 0) is 9.53 Å². The van der Waals surface area contributed by atoms with Gasteiger partial charge in [-0.25, -0.2) is 0 Å². The Kier molecular flexibility index (Phi) is 1.88. The van der Waals surface area contributed by atoms with Gasteiger partial charge in [-0.15, -0.1) is 0 Å². The number of piperidine rings is 1. The van der Waals surface area contributed by atoms with E-state index in [4.69, 9.17) is 4.74 Å². The van der Waals surface area contributed by atoms with Crippen LogP contribution in [0.3, 0.4) is 0 Å². The summed E-state index contributed by atoms with van der Waals surface area (Å²) in [5, 5.41) is 3.26. The Morgan fingerprint density at radius 3 is 2.31 bits per heavy atom. The molecule has 13 heavy (non-hydrogen) atoms. The minimum atomic E-state index is -0.332. The van der Waals surface area contributed by atoms with E-state index in [-0.39, 0.29) is 17.5 Å². The molecule has 1 aliphatic heterocycles. The molecule has 0 aromatic heterocycles. The van der Waals surface area contributed by atoms with Gasteiger partial charge in [0.25, 0.3) is 0 Å². The van der Waals surface area contributed by atoms with Crippen molar-refractivity contribution in [2.45, 2.75) is 26.4 Å². The molecule has 1 saturated carbocycles. The highest BCUT2D eigenvalue weighted by molar-refractivity contribution is 5.77. The molecule has 3 nitrogen and oxygen atoms in total. The summed E-state index contributed by atoms with van der Waals surface area (Å²) in [7, 11) is 0. The van der Waals surface area contributed by atoms with Gasteiger partial charge < -0.3 is 10.1 Å². The van der Waals surface area contributed by atoms with Crippen LogP contribution in [0.15, 0.2) is 0 Å². The third kappa shape index (κ3) is 1.70. The van der Waals surface area contributed by atoms with Crippen LogP contribution in [-0.4, -0.2) is 24.7 Å². The van der Waals surface area contributed by atoms with E-state index in [2.05, 4.69) is 5.32 Å². The summed E-state index contributed by atoms with van der Waals surface area (Å²) in [5.74, 6) is 1.33. The second kappa shape index (κ2) is 2.71. The van der Waals surface area contributed by atoms with Gasteiger partial charge in [0.1, 0.15) is 5.60 Å². The second-order valence-electron chi connectivity index (χ2n) is 5.05. The molecule has 1 saturated heterocycles. The van der Waals surface area contributed by atoms with Crippen molar-refractivity contribution < 1.29 is 9.53 Å². The number of nitrogens with one attached hydrogen (secondary N) is 1. The molecule has 2 aliphatic rings. The number of fused-ring (bicyclic) bond motifs is 1. The van der Waals surface area contributed by atoms with E-state index in [9.17, 15) is 4.79 Å². The van der Waals surface area contributed by atoms with E-state index in [1.54, 1.807) is 0 Å². The summed E-state index contributed by atoms with van der Waals surface area (Å²) in [5.41, 5.74) is -0.332. The first-order valence-electron chi connectivity index (χ1n) is 4.92. The van der Waals surface area contributed by atoms with E-state index < -0.39 is 0 Å². The molecule has 0 radical (unpaired) electrons. The molecule has 1 N–H and O–H groups in total. The molecular weight excluding hydrogens is 166 g/mol. The van der Waals surface area contributed by atoms with Crippen molar-refractivity contribution in [3.05, 3.63) is 0 Å². The first-order valence-corrected chi connectivity index (χ1v) is 4.92. The van der Waals surface area contributed by atoms with Gasteiger partial charge in [-0.3, -0.25) is 4.79 Å². The fraction of sp³-hybridized carbons (Fsp3) is 0.900. The molecular formula is C10H17NO2. The van der Waals surface area contributed by atoms with Gasteiger partial charge in [0, 0.05) is 0 Å². The normalized spacial score (nSPS) is 37.0. The van der Waals surface area contributed by atoms with Crippen molar-refractivity contribution in [2.75, 3.05) is 13.1 Å². The van der Waals surface area contributed by atoms with Crippen LogP contribution in [0.25, 0.3) is 0 Å². The second-order valence-corrected chi connectivity index (χ2v) is 5.05. The standard InChI is InChI=1S/C10H17NO2/c1-10(2,3)13-9(12)8-6-4-11-5-7(6)8/h6-8,11H,4-5H2,1-3H3. The van der Waals surface area contributed by atoms with Gasteiger partial charge in [-0.2, -0.15) is 0 Å². The first-order chi connectivity index (χ1) is 5.99. The van der Waals surface area contributed by atoms with E-state index >= 15 is 0 Å². The van der Waals surface area contributed by atoms with Gasteiger partial charge in [0.15, 0.2) is 0 Å². The zero-order valence-corrected chi connectivity index (χ0v) is 8.46. The maximum absolute atomic E-state index is 11.6. The lowest BCUT2D eigenvalue weighted by molar-refractivity contribution is -0.157. The van der Waals surface area contributed by atoms with Crippen LogP contribution in [0.5, 0.6) is 0 Å². The van der Waals surface area contributed by atoms with Gasteiger partial charge in [-0.1, -0.05) is 0 Å². The average Bonchev–Trinajstić information content (AvgIpc) is 2.44. The van der Waals surface area contributed by atoms with Crippen molar-refractivity contribution >= 4 is 5.97 Å². The molecule has 2 fully saturated rings. The molecule has 0 aromatic carbocycles. The Morgan fingerprint density at radius 1 is 1.31 bits per heavy atom. The van der Waals surface area contributed by atoms with Gasteiger partial charge in [0.05, 0.1) is 5.92 Å². The van der Waals surface area contributed by atoms with Crippen LogP contribution in [0.1, 0.15) is 20.8 Å². The smallest absolute Gasteiger partial charge is 0.310 e. The van der Waals surface area contributed by atoms with Gasteiger partial charge >= 0.3 is 5.97 Å². The van der Waals surface area contributed by atoms with E-state index in [0.717, 1.165) is 13.1 Å². The summed E-state index contributed by atoms with van der Waals surface area (Å²) in [6, 6.07) is 0. The lowest BCUT2D eigenvalue weighted by atomic mass is 10.2. The van der Waals surface area contributed by atoms with Crippen molar-refractivity contribution in [3.63, 3.8) is 0 Å². The van der Waals surface area contributed by atoms with Crippen LogP contribution < -0.4 is 5.32 Å². The largest absolute Gasteiger partial charge is 0.460 e. The molecule has 1 heterocycles. The molecule has 0 aromatic rings. The molecule has 74 valence electrons. The van der Waals surface area contributed by atoms with E-state index in [1.807, 2.05) is 20.8 Å². The van der Waals surface area contributed by atoms with Crippen molar-refractivity contribution in [2.24, 2.45) is 17.8 Å². The molecule has 0 amide bonds. The molecule has 2 atom stereocenters. The summed E-state index contributed by atoms with van der Waals surface area (Å²) in [6.07, 6.45) is 0. The monoisotopic (exact) mass is 183 g/mol. The van der Waals surface area contributed by atoms with Gasteiger partial charge in [0.2, 0.25) is 0 Å². The number of esters is 1. The third-order valence-corrected chi connectivity index (χ3v) is 2.77. The van der Waals surface area contributed by atoms with Crippen LogP contribution in [0.4, 0.5) is 0 Å². The number of hydrogen-bond acceptors (Lipinski definition) is 3. The minimum Gasteiger partial charge on any atom is -0.460 e. The van der Waals surface area contributed by atoms with Crippen LogP contribution in [0, 0.1) is 17.8 Å². The summed E-state index contributed by atoms with van der Waals surface area (Å²) in [6.45, 7) is 7.74. The van der Waals surface area contributed by atoms with Crippen molar-refractivity contribution in [3.8, 4) is 0 Å². The Bertz CT molecular complexity index is 222. The number of carbonyl (C=O) groups excluding carboxylic acids is 1. The summed E-state index contributed by atoms with van der Waals surface area (Å²) in [4.78, 5) is 11.6. The van der Waals surface area contributed by atoms with Gasteiger partial charge in [-0.05, 0) is 45.7 Å². The van der Waals surface area contributed by atoms with E-state index in [1.165, 1.54) is 0 Å². The predicted molar refractivity (Wildman–Crippen MR) is 49.2 cm³/mol. The van der Waals surface area contributed by atoms with Crippen molar-refractivity contribution in [1.82, 2.24) is 5.32 Å². The summed E-state index contributed by atoms with van der Waals surface area (Å²) >= 11 is 0. The molecule has 0 spiro atoms. The number of ether oxygens (including phenoxy) is 1. The first kappa shape index (κ1) is 9.00. The predicted octanol–water partition coefficient (Wildman–Crippen LogP) is 0.793. The lowest BCUT2D eigenvalue weighted by Crippen LogP contribution is -2.28. The van der Waals surface area contributed by atoms with Crippen molar-refractivity contribution in [1.29, 1.82) is 0 Å². The number of carbonyl (C=O) groups is 1. The Morgan fingerprint density at radius 2 is 1.85 bits per heavy atom. The number of rotatable bonds is 1. The minimum absolute atomic E-state index is 0.00370. The topological polar surface area (TPSA) is 38.3 Å². The lowest BCUT2D eigenvalue weighted by Gasteiger charge is -2.20. The molecule has 3 heteroatoms. The average molecular weight is 183 g/mol. The summed E-state index contributed by atoms with van der Waals surface area (Å²) < 4.78 is 5.33. The fourth-order valence-corrected chi connectivity index (χ4v) is 2.14. The maximum atomic E-state index is 11.6. The maximum Gasteiger partial charge on any atom is 0.310 e. The molecule has 2 rings (SSSR count). The zero-order chi connectivity index (χ0) is 9.64. The fourth-order valence-electron chi connectivity index (χ4n) is 2.14. The van der Waals surface area contributed by atoms with Crippen LogP contribution in [0.2, 0.25) is 0 Å². The quantitative estimate of drug-likeness (QED) is 0.611. The Labute approximate surface area is 78.8 Å².